The minimum absolute atomic E-state index is 0.0274. The number of amides is 7. The van der Waals surface area contributed by atoms with Gasteiger partial charge in [-0.05, 0) is 55.7 Å². The van der Waals surface area contributed by atoms with E-state index in [4.69, 9.17) is 62.6 Å². The molecule has 6 N–H and O–H groups in total. The van der Waals surface area contributed by atoms with Crippen molar-refractivity contribution >= 4 is 47.2 Å². The summed E-state index contributed by atoms with van der Waals surface area (Å²) >= 11 is 0. The minimum Gasteiger partial charge on any atom is -0.445 e. The number of nitrogens with two attached hydrogens (primary N) is 1. The fraction of sp³-hybridized carbons (Fsp3) is 0.732. The number of nitrogens with one attached hydrogen (secondary N) is 4. The normalized spacial score (nSPS) is 13.0. The molecular weight excluding hydrogens is 1060 g/mol. The van der Waals surface area contributed by atoms with Crippen LogP contribution in [0, 0.1) is 11.8 Å². The Kier molecular flexibility index (Phi) is 43.9. The largest absolute Gasteiger partial charge is 0.445 e. The number of nitrogens with zero attached hydrogens (tertiary/aromatic N) is 1. The number of benzene rings is 1. The van der Waals surface area contributed by atoms with Crippen LogP contribution in [0.5, 0.6) is 0 Å². The van der Waals surface area contributed by atoms with Gasteiger partial charge in [0.05, 0.1) is 145 Å². The number of anilines is 1. The third-order valence-corrected chi connectivity index (χ3v) is 11.8. The van der Waals surface area contributed by atoms with Crippen molar-refractivity contribution in [3.63, 3.8) is 0 Å². The van der Waals surface area contributed by atoms with E-state index in [0.717, 1.165) is 24.3 Å². The second-order valence-electron chi connectivity index (χ2n) is 18.8. The topological polar surface area (TPSA) is 308 Å². The quantitative estimate of drug-likeness (QED) is 0.0461. The zero-order chi connectivity index (χ0) is 58.8. The lowest BCUT2D eigenvalue weighted by molar-refractivity contribution is -0.137. The van der Waals surface area contributed by atoms with Crippen LogP contribution in [0.3, 0.4) is 0 Å². The van der Waals surface area contributed by atoms with Crippen LogP contribution in [0.4, 0.5) is 15.3 Å². The predicted octanol–water partition coefficient (Wildman–Crippen LogP) is 3.48. The molecule has 462 valence electrons. The van der Waals surface area contributed by atoms with Crippen molar-refractivity contribution in [1.82, 2.24) is 20.9 Å². The van der Waals surface area contributed by atoms with E-state index in [0.29, 0.717) is 169 Å². The fourth-order valence-electron chi connectivity index (χ4n) is 7.41. The smallest absolute Gasteiger partial charge is 0.407 e. The van der Waals surface area contributed by atoms with Gasteiger partial charge in [-0.2, -0.15) is 0 Å². The third kappa shape index (κ3) is 39.8. The summed E-state index contributed by atoms with van der Waals surface area (Å²) in [7, 11) is 0. The highest BCUT2D eigenvalue weighted by molar-refractivity contribution is 6.12. The van der Waals surface area contributed by atoms with Crippen molar-refractivity contribution < 1.29 is 90.4 Å². The Morgan fingerprint density at radius 1 is 0.543 bits per heavy atom. The number of primary amides is 1. The molecule has 1 aromatic rings. The lowest BCUT2D eigenvalue weighted by Crippen LogP contribution is -2.45. The lowest BCUT2D eigenvalue weighted by atomic mass is 9.89. The second-order valence-corrected chi connectivity index (χ2v) is 18.8. The highest BCUT2D eigenvalue weighted by atomic mass is 16.6. The Bertz CT molecular complexity index is 1860. The van der Waals surface area contributed by atoms with E-state index in [-0.39, 0.29) is 81.5 Å². The molecular formula is C56H94N6O19. The Morgan fingerprint density at radius 3 is 1.44 bits per heavy atom. The average molecular weight is 1160 g/mol. The molecule has 7 amide bonds. The summed E-state index contributed by atoms with van der Waals surface area (Å²) in [5.74, 6) is -2.80. The molecule has 0 unspecified atom stereocenters. The molecule has 25 heteroatoms. The van der Waals surface area contributed by atoms with Crippen LogP contribution in [0.1, 0.15) is 84.1 Å². The maximum Gasteiger partial charge on any atom is 0.407 e. The fourth-order valence-corrected chi connectivity index (χ4v) is 7.41. The van der Waals surface area contributed by atoms with Crippen molar-refractivity contribution in [2.24, 2.45) is 17.6 Å². The third-order valence-electron chi connectivity index (χ3n) is 11.8. The Morgan fingerprint density at radius 2 is 1.00 bits per heavy atom. The standard InChI is InChI=1S/C56H94N6O19/c1-4-5-21-70-23-25-72-27-29-74-31-33-76-35-37-78-39-41-80-42-40-79-38-36-77-34-32-75-30-28-73-26-24-71-22-19-59-56(69)81-44-46-12-14-48(15-13-46)60-54(67)47(10-9-18-58-55(57)68)43-49(63)53(45(2)3)61-50(64)11-7-6-8-20-62-51(65)16-17-52(62)66/h12-17,45,47,53H,4-11,18-44H2,1-3H3,(H,59,69)(H,60,67)(H,61,64)(H3,57,58,68)/t47-,53+/m1/s1. The molecule has 0 fully saturated rings. The average Bonchev–Trinajstić information content (AvgIpc) is 3.77. The minimum atomic E-state index is -0.838. The molecule has 0 saturated carbocycles. The molecule has 0 bridgehead atoms. The number of ether oxygens (including phenoxy) is 12. The van der Waals surface area contributed by atoms with Crippen molar-refractivity contribution in [1.29, 1.82) is 0 Å². The van der Waals surface area contributed by atoms with Crippen molar-refractivity contribution in [3.8, 4) is 0 Å². The molecule has 1 heterocycles. The van der Waals surface area contributed by atoms with Gasteiger partial charge in [-0.25, -0.2) is 9.59 Å². The molecule has 81 heavy (non-hydrogen) atoms. The van der Waals surface area contributed by atoms with Gasteiger partial charge in [0.25, 0.3) is 11.8 Å². The van der Waals surface area contributed by atoms with Gasteiger partial charge < -0.3 is 83.8 Å². The van der Waals surface area contributed by atoms with E-state index < -0.39 is 30.0 Å². The van der Waals surface area contributed by atoms with Crippen LogP contribution < -0.4 is 27.0 Å². The van der Waals surface area contributed by atoms with E-state index in [1.165, 1.54) is 12.2 Å². The molecule has 1 aromatic carbocycles. The number of carbonyl (C=O) groups excluding carboxylic acids is 7. The van der Waals surface area contributed by atoms with E-state index in [2.05, 4.69) is 28.2 Å². The van der Waals surface area contributed by atoms with E-state index in [1.807, 2.05) is 0 Å². The molecule has 0 aliphatic carbocycles. The van der Waals surface area contributed by atoms with Crippen LogP contribution >= 0.6 is 0 Å². The van der Waals surface area contributed by atoms with Gasteiger partial charge in [0.15, 0.2) is 5.78 Å². The highest BCUT2D eigenvalue weighted by Gasteiger charge is 2.30. The highest BCUT2D eigenvalue weighted by Crippen LogP contribution is 2.20. The molecule has 1 aliphatic rings. The van der Waals surface area contributed by atoms with Crippen LogP contribution in [-0.4, -0.2) is 217 Å². The summed E-state index contributed by atoms with van der Waals surface area (Å²) in [5.41, 5.74) is 6.32. The Labute approximate surface area is 478 Å². The zero-order valence-corrected chi connectivity index (χ0v) is 48.2. The summed E-state index contributed by atoms with van der Waals surface area (Å²) in [6.45, 7) is 16.8. The summed E-state index contributed by atoms with van der Waals surface area (Å²) in [4.78, 5) is 88.2. The second kappa shape index (κ2) is 49.4. The summed E-state index contributed by atoms with van der Waals surface area (Å²) in [6.07, 6.45) is 6.28. The molecule has 0 saturated heterocycles. The Hall–Kier alpha value is -5.19. The van der Waals surface area contributed by atoms with Crippen molar-refractivity contribution in [2.75, 3.05) is 170 Å². The molecule has 25 nitrogen and oxygen atoms in total. The van der Waals surface area contributed by atoms with E-state index in [9.17, 15) is 33.6 Å². The summed E-state index contributed by atoms with van der Waals surface area (Å²) < 4.78 is 65.7. The molecule has 2 atom stereocenters. The maximum atomic E-state index is 13.6. The number of carbonyl (C=O) groups is 7. The van der Waals surface area contributed by atoms with E-state index in [1.54, 1.807) is 38.1 Å². The SMILES string of the molecule is CCCCOCCOCCOCCOCCOCCOCCOCCOCCOCCOCCOCCNC(=O)OCc1ccc(NC(=O)[C@H](CCCNC(N)=O)CC(=O)[C@@H](NC(=O)CCCCCN2C(=O)C=CC2=O)C(C)C)cc1. The van der Waals surface area contributed by atoms with Crippen LogP contribution in [-0.2, 0) is 87.4 Å². The number of hydrogen-bond acceptors (Lipinski definition) is 19. The number of ketones is 1. The summed E-state index contributed by atoms with van der Waals surface area (Å²) in [5, 5.41) is 10.8. The van der Waals surface area contributed by atoms with Crippen LogP contribution in [0.25, 0.3) is 0 Å². The van der Waals surface area contributed by atoms with Gasteiger partial charge in [0.1, 0.15) is 6.61 Å². The van der Waals surface area contributed by atoms with Gasteiger partial charge in [-0.15, -0.1) is 0 Å². The van der Waals surface area contributed by atoms with Crippen LogP contribution in [0.15, 0.2) is 36.4 Å². The van der Waals surface area contributed by atoms with Crippen molar-refractivity contribution in [2.45, 2.75) is 91.2 Å². The zero-order valence-electron chi connectivity index (χ0n) is 48.2. The number of Topliss-reactive ketones (excluding diaryl/α,β-unsaturated/α-hetero) is 1. The first kappa shape index (κ1) is 71.9. The van der Waals surface area contributed by atoms with Gasteiger partial charge >= 0.3 is 12.1 Å². The number of hydrogen-bond donors (Lipinski definition) is 5. The number of rotatable bonds is 55. The number of imide groups is 1. The molecule has 0 aromatic heterocycles. The monoisotopic (exact) mass is 1150 g/mol. The maximum absolute atomic E-state index is 13.6. The molecule has 2 rings (SSSR count). The first-order valence-electron chi connectivity index (χ1n) is 28.5. The number of unbranched alkanes of at least 4 members (excludes halogenated alkanes) is 3. The van der Waals surface area contributed by atoms with Gasteiger partial charge in [0, 0.05) is 62.8 Å². The lowest BCUT2D eigenvalue weighted by Gasteiger charge is -2.24. The first-order valence-corrected chi connectivity index (χ1v) is 28.5. The van der Waals surface area contributed by atoms with E-state index >= 15 is 0 Å². The predicted molar refractivity (Wildman–Crippen MR) is 298 cm³/mol. The molecule has 0 radical (unpaired) electrons. The number of urea groups is 1. The van der Waals surface area contributed by atoms with Gasteiger partial charge in [-0.3, -0.25) is 28.9 Å². The molecule has 0 spiro atoms. The van der Waals surface area contributed by atoms with Gasteiger partial charge in [-0.1, -0.05) is 45.7 Å². The number of alkyl carbamates (subject to hydrolysis) is 1. The van der Waals surface area contributed by atoms with Gasteiger partial charge in [0.2, 0.25) is 11.8 Å². The summed E-state index contributed by atoms with van der Waals surface area (Å²) in [6, 6.07) is 5.13. The van der Waals surface area contributed by atoms with Crippen molar-refractivity contribution in [3.05, 3.63) is 42.0 Å². The molecule has 1 aliphatic heterocycles. The van der Waals surface area contributed by atoms with Crippen LogP contribution in [0.2, 0.25) is 0 Å². The first-order chi connectivity index (χ1) is 39.4. The Balaban J connectivity index is 1.44.